The smallest absolute Gasteiger partial charge is 0.163 e. The summed E-state index contributed by atoms with van der Waals surface area (Å²) < 4.78 is 0. The van der Waals surface area contributed by atoms with Crippen molar-refractivity contribution in [1.82, 2.24) is 4.98 Å². The average molecular weight is 263 g/mol. The molecule has 1 aromatic heterocycles. The highest BCUT2D eigenvalue weighted by Crippen LogP contribution is 2.40. The molecule has 0 bridgehead atoms. The van der Waals surface area contributed by atoms with Gasteiger partial charge in [-0.3, -0.25) is 4.79 Å². The van der Waals surface area contributed by atoms with E-state index < -0.39 is 0 Å². The number of carbonyl (C=O) groups is 1. The van der Waals surface area contributed by atoms with Crippen LogP contribution in [0.4, 0.5) is 0 Å². The first-order valence-corrected chi connectivity index (χ1v) is 6.71. The number of aromatic hydroxyl groups is 1. The lowest BCUT2D eigenvalue weighted by atomic mass is 9.89. The van der Waals surface area contributed by atoms with Crippen LogP contribution in [-0.4, -0.2) is 15.9 Å². The second kappa shape index (κ2) is 3.97. The van der Waals surface area contributed by atoms with Crippen molar-refractivity contribution < 1.29 is 9.90 Å². The van der Waals surface area contributed by atoms with Crippen LogP contribution in [0.2, 0.25) is 0 Å². The van der Waals surface area contributed by atoms with Crippen LogP contribution < -0.4 is 0 Å². The van der Waals surface area contributed by atoms with Gasteiger partial charge in [0.25, 0.3) is 0 Å². The van der Waals surface area contributed by atoms with Crippen LogP contribution in [-0.2, 0) is 6.42 Å². The highest BCUT2D eigenvalue weighted by molar-refractivity contribution is 6.13. The molecule has 1 aliphatic rings. The third kappa shape index (κ3) is 1.43. The summed E-state index contributed by atoms with van der Waals surface area (Å²) in [5.74, 6) is 0.350. The molecular weight excluding hydrogens is 250 g/mol. The molecule has 3 aromatic rings. The van der Waals surface area contributed by atoms with E-state index in [0.29, 0.717) is 11.9 Å². The van der Waals surface area contributed by atoms with E-state index in [4.69, 9.17) is 0 Å². The van der Waals surface area contributed by atoms with E-state index in [2.05, 4.69) is 4.98 Å². The third-order valence-corrected chi connectivity index (χ3v) is 4.00. The van der Waals surface area contributed by atoms with Gasteiger partial charge < -0.3 is 10.1 Å². The van der Waals surface area contributed by atoms with Crippen molar-refractivity contribution in [2.45, 2.75) is 12.8 Å². The Morgan fingerprint density at radius 1 is 1.00 bits per heavy atom. The number of hydrogen-bond acceptors (Lipinski definition) is 2. The fourth-order valence-electron chi connectivity index (χ4n) is 3.06. The molecule has 0 aliphatic heterocycles. The van der Waals surface area contributed by atoms with Crippen molar-refractivity contribution in [3.8, 4) is 17.0 Å². The molecule has 0 saturated carbocycles. The molecule has 0 amide bonds. The molecule has 4 rings (SSSR count). The summed E-state index contributed by atoms with van der Waals surface area (Å²) in [6.45, 7) is 0. The van der Waals surface area contributed by atoms with Crippen LogP contribution in [0, 0.1) is 0 Å². The van der Waals surface area contributed by atoms with Crippen LogP contribution >= 0.6 is 0 Å². The minimum absolute atomic E-state index is 0.154. The number of rotatable bonds is 1. The molecule has 0 unspecified atom stereocenters. The van der Waals surface area contributed by atoms with Gasteiger partial charge in [-0.2, -0.15) is 0 Å². The predicted molar refractivity (Wildman–Crippen MR) is 78.1 cm³/mol. The number of phenols is 1. The molecular formula is C17H13NO2. The van der Waals surface area contributed by atoms with Crippen molar-refractivity contribution in [2.24, 2.45) is 0 Å². The second-order valence-corrected chi connectivity index (χ2v) is 5.15. The minimum Gasteiger partial charge on any atom is -0.506 e. The van der Waals surface area contributed by atoms with E-state index in [1.54, 1.807) is 12.1 Å². The Morgan fingerprint density at radius 3 is 2.60 bits per heavy atom. The minimum atomic E-state index is 0.154. The van der Waals surface area contributed by atoms with Crippen LogP contribution in [0.25, 0.3) is 22.2 Å². The maximum Gasteiger partial charge on any atom is 0.163 e. The molecule has 0 atom stereocenters. The summed E-state index contributed by atoms with van der Waals surface area (Å²) in [5.41, 5.74) is 4.62. The monoisotopic (exact) mass is 263 g/mol. The van der Waals surface area contributed by atoms with Crippen LogP contribution in [0.5, 0.6) is 5.75 Å². The van der Waals surface area contributed by atoms with Gasteiger partial charge in [-0.15, -0.1) is 0 Å². The van der Waals surface area contributed by atoms with Crippen molar-refractivity contribution in [3.63, 3.8) is 0 Å². The Kier molecular flexibility index (Phi) is 2.24. The third-order valence-electron chi connectivity index (χ3n) is 4.00. The van der Waals surface area contributed by atoms with E-state index in [-0.39, 0.29) is 11.5 Å². The maximum atomic E-state index is 12.0. The zero-order valence-electron chi connectivity index (χ0n) is 10.8. The number of aromatic amines is 1. The van der Waals surface area contributed by atoms with Crippen molar-refractivity contribution in [3.05, 3.63) is 53.6 Å². The number of Topliss-reactive ketones (excluding diaryl/α,β-unsaturated/α-hetero) is 1. The summed E-state index contributed by atoms with van der Waals surface area (Å²) in [7, 11) is 0. The van der Waals surface area contributed by atoms with Gasteiger partial charge in [0.05, 0.1) is 5.52 Å². The topological polar surface area (TPSA) is 53.1 Å². The molecule has 0 saturated heterocycles. The first-order chi connectivity index (χ1) is 9.75. The summed E-state index contributed by atoms with van der Waals surface area (Å²) >= 11 is 0. The van der Waals surface area contributed by atoms with Gasteiger partial charge in [0, 0.05) is 23.1 Å². The molecule has 0 spiro atoms. The Hall–Kier alpha value is -2.55. The summed E-state index contributed by atoms with van der Waals surface area (Å²) in [5, 5.41) is 10.9. The van der Waals surface area contributed by atoms with E-state index in [0.717, 1.165) is 34.2 Å². The number of phenolic OH excluding ortho intramolecular Hbond substituents is 1. The first kappa shape index (κ1) is 11.3. The van der Waals surface area contributed by atoms with Crippen molar-refractivity contribution in [2.75, 3.05) is 0 Å². The van der Waals surface area contributed by atoms with Gasteiger partial charge in [-0.05, 0) is 29.7 Å². The molecule has 0 radical (unpaired) electrons. The SMILES string of the molecule is O=C1CCc2c(-c3ccccc3)[nH]c3c(O)ccc1c23. The number of hydrogen-bond donors (Lipinski definition) is 2. The zero-order chi connectivity index (χ0) is 13.7. The molecule has 1 heterocycles. The van der Waals surface area contributed by atoms with E-state index in [1.807, 2.05) is 30.3 Å². The lowest BCUT2D eigenvalue weighted by molar-refractivity contribution is 0.0982. The molecule has 20 heavy (non-hydrogen) atoms. The number of aryl methyl sites for hydroxylation is 1. The first-order valence-electron chi connectivity index (χ1n) is 6.71. The van der Waals surface area contributed by atoms with Crippen LogP contribution in [0.15, 0.2) is 42.5 Å². The number of nitrogens with one attached hydrogen (secondary N) is 1. The Bertz CT molecular complexity index is 831. The van der Waals surface area contributed by atoms with Gasteiger partial charge in [0.1, 0.15) is 5.75 Å². The van der Waals surface area contributed by atoms with Gasteiger partial charge in [0.2, 0.25) is 0 Å². The Balaban J connectivity index is 2.11. The largest absolute Gasteiger partial charge is 0.506 e. The van der Waals surface area contributed by atoms with Crippen LogP contribution in [0.1, 0.15) is 22.3 Å². The summed E-state index contributed by atoms with van der Waals surface area (Å²) in [4.78, 5) is 15.3. The van der Waals surface area contributed by atoms with Gasteiger partial charge in [0.15, 0.2) is 5.78 Å². The molecule has 3 heteroatoms. The number of ketones is 1. The number of H-pyrrole nitrogens is 1. The number of carbonyl (C=O) groups excluding carboxylic acids is 1. The van der Waals surface area contributed by atoms with E-state index >= 15 is 0 Å². The fourth-order valence-corrected chi connectivity index (χ4v) is 3.06. The zero-order valence-corrected chi connectivity index (χ0v) is 10.8. The van der Waals surface area contributed by atoms with Crippen molar-refractivity contribution in [1.29, 1.82) is 0 Å². The molecule has 1 aliphatic carbocycles. The van der Waals surface area contributed by atoms with Crippen LogP contribution in [0.3, 0.4) is 0 Å². The van der Waals surface area contributed by atoms with Gasteiger partial charge >= 0.3 is 0 Å². The van der Waals surface area contributed by atoms with E-state index in [1.165, 1.54) is 0 Å². The Labute approximate surface area is 115 Å². The lowest BCUT2D eigenvalue weighted by Crippen LogP contribution is -2.08. The fraction of sp³-hybridized carbons (Fsp3) is 0.118. The molecule has 2 N–H and O–H groups in total. The average Bonchev–Trinajstić information content (AvgIpc) is 2.87. The molecule has 98 valence electrons. The normalized spacial score (nSPS) is 13.9. The number of benzene rings is 2. The van der Waals surface area contributed by atoms with Gasteiger partial charge in [-0.25, -0.2) is 0 Å². The van der Waals surface area contributed by atoms with Gasteiger partial charge in [-0.1, -0.05) is 30.3 Å². The second-order valence-electron chi connectivity index (χ2n) is 5.15. The predicted octanol–water partition coefficient (Wildman–Crippen LogP) is 3.67. The molecule has 0 fully saturated rings. The summed E-state index contributed by atoms with van der Waals surface area (Å²) in [6.07, 6.45) is 1.25. The molecule has 3 nitrogen and oxygen atoms in total. The quantitative estimate of drug-likeness (QED) is 0.703. The molecule has 2 aromatic carbocycles. The highest BCUT2D eigenvalue weighted by Gasteiger charge is 2.25. The van der Waals surface area contributed by atoms with E-state index in [9.17, 15) is 9.90 Å². The standard InChI is InChI=1S/C17H13NO2/c19-13-8-7-12-15-11(13)6-9-14(20)17(15)18-16(12)10-4-2-1-3-5-10/h1-6,9,18,20H,7-8H2. The highest BCUT2D eigenvalue weighted by atomic mass is 16.3. The van der Waals surface area contributed by atoms with Crippen molar-refractivity contribution >= 4 is 16.7 Å². The number of aromatic nitrogens is 1. The maximum absolute atomic E-state index is 12.0. The summed E-state index contributed by atoms with van der Waals surface area (Å²) in [6, 6.07) is 13.3. The lowest BCUT2D eigenvalue weighted by Gasteiger charge is -2.12. The Morgan fingerprint density at radius 2 is 1.80 bits per heavy atom.